The standard InChI is InChI=1S/C38H25NO/c1-2-10-26(11-3-1)27-18-20-29(21-19-27)39(30-22-23-35-34-16-8-9-17-37(34)40-38(35)25-30)36-24-28-12-4-5-13-31(28)32-14-6-7-15-33(32)36/h1-25H/i1D,2D,3D,10D,11D. The normalized spacial score (nSPS) is 13.2. The van der Waals surface area contributed by atoms with E-state index < -0.39 is 6.04 Å². The Kier molecular flexibility index (Phi) is 4.12. The fourth-order valence-electron chi connectivity index (χ4n) is 5.67. The number of hydrogen-bond donors (Lipinski definition) is 0. The average molecular weight is 517 g/mol. The summed E-state index contributed by atoms with van der Waals surface area (Å²) in [5.74, 6) is 0. The summed E-state index contributed by atoms with van der Waals surface area (Å²) in [6.45, 7) is 0. The van der Waals surface area contributed by atoms with Gasteiger partial charge in [-0.2, -0.15) is 0 Å². The van der Waals surface area contributed by atoms with E-state index in [2.05, 4.69) is 71.6 Å². The smallest absolute Gasteiger partial charge is 0.137 e. The second-order valence-electron chi connectivity index (χ2n) is 9.82. The van der Waals surface area contributed by atoms with Gasteiger partial charge in [-0.25, -0.2) is 0 Å². The second-order valence-corrected chi connectivity index (χ2v) is 9.82. The highest BCUT2D eigenvalue weighted by Gasteiger charge is 2.19. The molecule has 8 rings (SSSR count). The van der Waals surface area contributed by atoms with Gasteiger partial charge in [0.2, 0.25) is 0 Å². The van der Waals surface area contributed by atoms with Crippen LogP contribution in [0.5, 0.6) is 0 Å². The molecule has 0 N–H and O–H groups in total. The quantitative estimate of drug-likeness (QED) is 0.216. The molecule has 0 saturated carbocycles. The maximum absolute atomic E-state index is 8.48. The molecule has 0 amide bonds. The molecular weight excluding hydrogens is 486 g/mol. The van der Waals surface area contributed by atoms with Crippen molar-refractivity contribution in [1.29, 1.82) is 0 Å². The van der Waals surface area contributed by atoms with Crippen molar-refractivity contribution in [3.8, 4) is 11.1 Å². The Hall–Kier alpha value is -5.34. The largest absolute Gasteiger partial charge is 0.456 e. The van der Waals surface area contributed by atoms with E-state index >= 15 is 0 Å². The third-order valence-corrected chi connectivity index (χ3v) is 7.52. The van der Waals surface area contributed by atoms with E-state index in [1.165, 1.54) is 5.39 Å². The SMILES string of the molecule is [2H]c1c([2H])c([2H])c(-c2ccc(N(c3ccc4c(c3)oc3ccccc34)c3cc4ccccc4c4ccccc34)cc2)c([2H])c1[2H]. The van der Waals surface area contributed by atoms with Crippen LogP contribution in [0.25, 0.3) is 54.6 Å². The van der Waals surface area contributed by atoms with Gasteiger partial charge in [0, 0.05) is 33.6 Å². The molecular formula is C38H25NO. The molecule has 0 spiro atoms. The zero-order chi connectivity index (χ0) is 30.8. The van der Waals surface area contributed by atoms with Gasteiger partial charge in [0.05, 0.1) is 12.5 Å². The number of benzene rings is 7. The van der Waals surface area contributed by atoms with Crippen LogP contribution in [0, 0.1) is 0 Å². The fourth-order valence-corrected chi connectivity index (χ4v) is 5.67. The van der Waals surface area contributed by atoms with Gasteiger partial charge in [-0.15, -0.1) is 0 Å². The van der Waals surface area contributed by atoms with E-state index in [1.54, 1.807) is 0 Å². The maximum atomic E-state index is 8.48. The van der Waals surface area contributed by atoms with Crippen LogP contribution in [0.4, 0.5) is 17.1 Å². The Morgan fingerprint density at radius 1 is 0.475 bits per heavy atom. The molecule has 0 aliphatic carbocycles. The second kappa shape index (κ2) is 9.14. The van der Waals surface area contributed by atoms with Crippen LogP contribution >= 0.6 is 0 Å². The molecule has 188 valence electrons. The molecule has 0 unspecified atom stereocenters. The van der Waals surface area contributed by atoms with E-state index in [-0.39, 0.29) is 29.7 Å². The third-order valence-electron chi connectivity index (χ3n) is 7.52. The van der Waals surface area contributed by atoms with Crippen LogP contribution in [0.1, 0.15) is 6.85 Å². The van der Waals surface area contributed by atoms with Gasteiger partial charge in [-0.05, 0) is 63.7 Å². The number of anilines is 3. The van der Waals surface area contributed by atoms with Crippen molar-refractivity contribution in [2.45, 2.75) is 0 Å². The van der Waals surface area contributed by atoms with Crippen LogP contribution in [-0.2, 0) is 0 Å². The summed E-state index contributed by atoms with van der Waals surface area (Å²) in [7, 11) is 0. The van der Waals surface area contributed by atoms with Crippen LogP contribution in [0.15, 0.2) is 156 Å². The van der Waals surface area contributed by atoms with E-state index in [0.717, 1.165) is 55.2 Å². The van der Waals surface area contributed by atoms with Crippen LogP contribution in [0.3, 0.4) is 0 Å². The van der Waals surface area contributed by atoms with Gasteiger partial charge < -0.3 is 9.32 Å². The highest BCUT2D eigenvalue weighted by atomic mass is 16.3. The van der Waals surface area contributed by atoms with Gasteiger partial charge in [0.1, 0.15) is 11.2 Å². The van der Waals surface area contributed by atoms with E-state index in [1.807, 2.05) is 54.6 Å². The first-order chi connectivity index (χ1) is 21.9. The first kappa shape index (κ1) is 18.0. The molecule has 8 aromatic rings. The lowest BCUT2D eigenvalue weighted by Gasteiger charge is -2.27. The van der Waals surface area contributed by atoms with E-state index in [4.69, 9.17) is 11.3 Å². The van der Waals surface area contributed by atoms with Gasteiger partial charge in [0.15, 0.2) is 0 Å². The minimum absolute atomic E-state index is 0.180. The molecule has 1 heterocycles. The molecule has 0 saturated heterocycles. The minimum atomic E-state index is -0.402. The van der Waals surface area contributed by atoms with Crippen molar-refractivity contribution >= 4 is 60.5 Å². The van der Waals surface area contributed by atoms with Crippen molar-refractivity contribution in [3.63, 3.8) is 0 Å². The van der Waals surface area contributed by atoms with Crippen molar-refractivity contribution in [1.82, 2.24) is 0 Å². The van der Waals surface area contributed by atoms with E-state index in [0.29, 0.717) is 5.56 Å². The summed E-state index contributed by atoms with van der Waals surface area (Å²) in [4.78, 5) is 2.19. The average Bonchev–Trinajstić information content (AvgIpc) is 3.45. The number of fused-ring (bicyclic) bond motifs is 6. The fraction of sp³-hybridized carbons (Fsp3) is 0. The maximum Gasteiger partial charge on any atom is 0.137 e. The summed E-state index contributed by atoms with van der Waals surface area (Å²) in [5, 5.41) is 6.59. The first-order valence-electron chi connectivity index (χ1n) is 15.7. The third kappa shape index (κ3) is 3.65. The number of furan rings is 1. The highest BCUT2D eigenvalue weighted by molar-refractivity contribution is 6.15. The summed E-state index contributed by atoms with van der Waals surface area (Å²) >= 11 is 0. The van der Waals surface area contributed by atoms with E-state index in [9.17, 15) is 0 Å². The van der Waals surface area contributed by atoms with Crippen LogP contribution in [0.2, 0.25) is 0 Å². The minimum Gasteiger partial charge on any atom is -0.456 e. The molecule has 0 atom stereocenters. The molecule has 1 aromatic heterocycles. The van der Waals surface area contributed by atoms with Crippen LogP contribution in [-0.4, -0.2) is 0 Å². The molecule has 2 nitrogen and oxygen atoms in total. The molecule has 0 fully saturated rings. The van der Waals surface area contributed by atoms with Crippen molar-refractivity contribution in [2.75, 3.05) is 4.90 Å². The number of rotatable bonds is 4. The topological polar surface area (TPSA) is 16.4 Å². The van der Waals surface area contributed by atoms with Crippen molar-refractivity contribution in [3.05, 3.63) is 152 Å². The predicted octanol–water partition coefficient (Wildman–Crippen LogP) is 11.0. The number of hydrogen-bond acceptors (Lipinski definition) is 2. The summed E-state index contributed by atoms with van der Waals surface area (Å²) in [5.41, 5.74) is 5.07. The molecule has 0 aliphatic rings. The predicted molar refractivity (Wildman–Crippen MR) is 169 cm³/mol. The van der Waals surface area contributed by atoms with Crippen molar-refractivity contribution in [2.24, 2.45) is 0 Å². The Labute approximate surface area is 239 Å². The summed E-state index contributed by atoms with van der Waals surface area (Å²) in [6.07, 6.45) is 0. The Balaban J connectivity index is 1.37. The highest BCUT2D eigenvalue weighted by Crippen LogP contribution is 2.43. The van der Waals surface area contributed by atoms with Gasteiger partial charge in [-0.1, -0.05) is 109 Å². The summed E-state index contributed by atoms with van der Waals surface area (Å²) in [6, 6.07) is 39.1. The first-order valence-corrected chi connectivity index (χ1v) is 13.2. The molecule has 40 heavy (non-hydrogen) atoms. The van der Waals surface area contributed by atoms with Gasteiger partial charge in [0.25, 0.3) is 0 Å². The molecule has 0 bridgehead atoms. The van der Waals surface area contributed by atoms with Gasteiger partial charge in [-0.3, -0.25) is 0 Å². The number of nitrogens with zero attached hydrogens (tertiary/aromatic N) is 1. The Morgan fingerprint density at radius 3 is 1.95 bits per heavy atom. The lowest BCUT2D eigenvalue weighted by Crippen LogP contribution is -2.10. The Morgan fingerprint density at radius 2 is 1.12 bits per heavy atom. The zero-order valence-corrected chi connectivity index (χ0v) is 21.4. The monoisotopic (exact) mass is 516 g/mol. The lowest BCUT2D eigenvalue weighted by atomic mass is 9.98. The molecule has 0 aliphatic heterocycles. The van der Waals surface area contributed by atoms with Crippen LogP contribution < -0.4 is 4.90 Å². The van der Waals surface area contributed by atoms with Gasteiger partial charge >= 0.3 is 0 Å². The molecule has 7 aromatic carbocycles. The Bertz CT molecular complexity index is 2420. The zero-order valence-electron chi connectivity index (χ0n) is 26.4. The number of para-hydroxylation sites is 1. The molecule has 2 heteroatoms. The summed E-state index contributed by atoms with van der Waals surface area (Å²) < 4.78 is 47.5. The lowest BCUT2D eigenvalue weighted by molar-refractivity contribution is 0.669. The van der Waals surface area contributed by atoms with Crippen molar-refractivity contribution < 1.29 is 11.3 Å². The molecule has 0 radical (unpaired) electrons.